The summed E-state index contributed by atoms with van der Waals surface area (Å²) in [5.41, 5.74) is 0.989. The molecule has 110 valence electrons. The van der Waals surface area contributed by atoms with E-state index < -0.39 is 0 Å². The van der Waals surface area contributed by atoms with Gasteiger partial charge in [0.05, 0.1) is 22.9 Å². The van der Waals surface area contributed by atoms with Crippen LogP contribution in [-0.4, -0.2) is 33.9 Å². The Labute approximate surface area is 127 Å². The van der Waals surface area contributed by atoms with Crippen LogP contribution in [-0.2, 0) is 6.54 Å². The number of aromatic nitrogens is 2. The minimum Gasteiger partial charge on any atom is -0.395 e. The number of hydrogen-bond donors (Lipinski definition) is 2. The van der Waals surface area contributed by atoms with E-state index in [2.05, 4.69) is 22.3 Å². The third-order valence-electron chi connectivity index (χ3n) is 2.77. The van der Waals surface area contributed by atoms with Gasteiger partial charge >= 0.3 is 0 Å². The van der Waals surface area contributed by atoms with Gasteiger partial charge < -0.3 is 10.4 Å². The number of carbonyl (C=O) groups excluding carboxylic acids is 1. The number of aliphatic hydroxyl groups excluding tert-OH is 1. The molecule has 21 heavy (non-hydrogen) atoms. The number of aliphatic hydroxyl groups is 1. The van der Waals surface area contributed by atoms with E-state index in [-0.39, 0.29) is 12.5 Å². The number of aryl methyl sites for hydroxylation is 1. The van der Waals surface area contributed by atoms with Crippen LogP contribution >= 0.6 is 11.3 Å². The van der Waals surface area contributed by atoms with Crippen molar-refractivity contribution in [2.75, 3.05) is 13.2 Å². The second kappa shape index (κ2) is 7.62. The van der Waals surface area contributed by atoms with Gasteiger partial charge in [-0.3, -0.25) is 9.48 Å². The Hall–Kier alpha value is -2.10. The van der Waals surface area contributed by atoms with Crippen LogP contribution in [0.15, 0.2) is 24.5 Å². The molecule has 0 fully saturated rings. The third-order valence-corrected chi connectivity index (χ3v) is 3.92. The van der Waals surface area contributed by atoms with Crippen molar-refractivity contribution in [3.63, 3.8) is 0 Å². The third kappa shape index (κ3) is 4.45. The lowest BCUT2D eigenvalue weighted by molar-refractivity contribution is 0.0956. The van der Waals surface area contributed by atoms with Crippen molar-refractivity contribution in [3.8, 4) is 11.8 Å². The molecule has 2 rings (SSSR count). The Balaban J connectivity index is 1.90. The standard InChI is InChI=1S/C15H17N3O2S/c1-12-11-14(21-13(12)5-2-3-10-19)15(20)16-7-9-18-8-4-6-17-18/h4,6,8,11,19H,3,7,9-10H2,1H3,(H,16,20). The maximum Gasteiger partial charge on any atom is 0.261 e. The van der Waals surface area contributed by atoms with Gasteiger partial charge in [-0.2, -0.15) is 5.10 Å². The molecule has 0 radical (unpaired) electrons. The van der Waals surface area contributed by atoms with E-state index in [1.54, 1.807) is 10.9 Å². The lowest BCUT2D eigenvalue weighted by atomic mass is 10.2. The van der Waals surface area contributed by atoms with Crippen LogP contribution in [0.5, 0.6) is 0 Å². The minimum atomic E-state index is -0.0922. The first-order valence-electron chi connectivity index (χ1n) is 6.66. The van der Waals surface area contributed by atoms with Crippen molar-refractivity contribution < 1.29 is 9.90 Å². The molecule has 0 aliphatic carbocycles. The molecular formula is C15H17N3O2S. The predicted octanol–water partition coefficient (Wildman–Crippen LogP) is 1.42. The molecule has 0 spiro atoms. The fourth-order valence-electron chi connectivity index (χ4n) is 1.72. The van der Waals surface area contributed by atoms with Gasteiger partial charge in [-0.1, -0.05) is 11.8 Å². The van der Waals surface area contributed by atoms with E-state index in [0.717, 1.165) is 10.4 Å². The minimum absolute atomic E-state index is 0.0538. The molecule has 0 aromatic carbocycles. The van der Waals surface area contributed by atoms with E-state index in [4.69, 9.17) is 5.11 Å². The van der Waals surface area contributed by atoms with Gasteiger partial charge in [0.2, 0.25) is 0 Å². The van der Waals surface area contributed by atoms with Crippen LogP contribution in [0.1, 0.15) is 26.5 Å². The van der Waals surface area contributed by atoms with Crippen LogP contribution < -0.4 is 5.32 Å². The lowest BCUT2D eigenvalue weighted by Gasteiger charge is -2.03. The molecule has 2 N–H and O–H groups in total. The molecular weight excluding hydrogens is 286 g/mol. The Morgan fingerprint density at radius 1 is 1.57 bits per heavy atom. The first kappa shape index (κ1) is 15.3. The molecule has 0 unspecified atom stereocenters. The molecule has 5 nitrogen and oxygen atoms in total. The summed E-state index contributed by atoms with van der Waals surface area (Å²) < 4.78 is 1.77. The summed E-state index contributed by atoms with van der Waals surface area (Å²) in [4.78, 5) is 13.6. The maximum atomic E-state index is 12.1. The molecule has 6 heteroatoms. The van der Waals surface area contributed by atoms with Gasteiger partial charge in [-0.05, 0) is 24.6 Å². The second-order valence-corrected chi connectivity index (χ2v) is 5.48. The number of thiophene rings is 1. The average molecular weight is 303 g/mol. The van der Waals surface area contributed by atoms with Crippen LogP contribution in [0.2, 0.25) is 0 Å². The van der Waals surface area contributed by atoms with E-state index in [0.29, 0.717) is 24.4 Å². The quantitative estimate of drug-likeness (QED) is 0.821. The molecule has 1 amide bonds. The number of nitrogens with zero attached hydrogens (tertiary/aromatic N) is 2. The van der Waals surface area contributed by atoms with Crippen molar-refractivity contribution in [2.24, 2.45) is 0 Å². The first-order valence-corrected chi connectivity index (χ1v) is 7.48. The Morgan fingerprint density at radius 2 is 2.43 bits per heavy atom. The van der Waals surface area contributed by atoms with E-state index in [1.165, 1.54) is 11.3 Å². The fourth-order valence-corrected chi connectivity index (χ4v) is 2.68. The highest BCUT2D eigenvalue weighted by atomic mass is 32.1. The summed E-state index contributed by atoms with van der Waals surface area (Å²) in [6.45, 7) is 3.16. The van der Waals surface area contributed by atoms with Crippen LogP contribution in [0.3, 0.4) is 0 Å². The van der Waals surface area contributed by atoms with Crippen LogP contribution in [0.25, 0.3) is 0 Å². The van der Waals surface area contributed by atoms with Gasteiger partial charge in [0, 0.05) is 25.4 Å². The zero-order chi connectivity index (χ0) is 15.1. The summed E-state index contributed by atoms with van der Waals surface area (Å²) in [7, 11) is 0. The summed E-state index contributed by atoms with van der Waals surface area (Å²) in [6.07, 6.45) is 4.01. The van der Waals surface area contributed by atoms with E-state index in [1.807, 2.05) is 25.3 Å². The lowest BCUT2D eigenvalue weighted by Crippen LogP contribution is -2.26. The predicted molar refractivity (Wildman–Crippen MR) is 82.2 cm³/mol. The van der Waals surface area contributed by atoms with E-state index >= 15 is 0 Å². The topological polar surface area (TPSA) is 67.2 Å². The number of nitrogens with one attached hydrogen (secondary N) is 1. The van der Waals surface area contributed by atoms with Gasteiger partial charge in [0.25, 0.3) is 5.91 Å². The Morgan fingerprint density at radius 3 is 3.14 bits per heavy atom. The smallest absolute Gasteiger partial charge is 0.261 e. The molecule has 2 aromatic heterocycles. The first-order chi connectivity index (χ1) is 10.2. The van der Waals surface area contributed by atoms with Crippen LogP contribution in [0.4, 0.5) is 0 Å². The highest BCUT2D eigenvalue weighted by Crippen LogP contribution is 2.20. The summed E-state index contributed by atoms with van der Waals surface area (Å²) >= 11 is 1.38. The number of amides is 1. The van der Waals surface area contributed by atoms with Gasteiger partial charge in [-0.25, -0.2) is 0 Å². The van der Waals surface area contributed by atoms with Gasteiger partial charge in [-0.15, -0.1) is 11.3 Å². The van der Waals surface area contributed by atoms with Crippen LogP contribution in [0, 0.1) is 18.8 Å². The summed E-state index contributed by atoms with van der Waals surface area (Å²) in [6, 6.07) is 3.69. The molecule has 2 aromatic rings. The molecule has 2 heterocycles. The van der Waals surface area contributed by atoms with Crippen molar-refractivity contribution in [2.45, 2.75) is 19.9 Å². The zero-order valence-corrected chi connectivity index (χ0v) is 12.6. The molecule has 0 aliphatic heterocycles. The zero-order valence-electron chi connectivity index (χ0n) is 11.8. The molecule has 0 atom stereocenters. The monoisotopic (exact) mass is 303 g/mol. The van der Waals surface area contributed by atoms with Gasteiger partial charge in [0.15, 0.2) is 0 Å². The number of rotatable bonds is 5. The largest absolute Gasteiger partial charge is 0.395 e. The van der Waals surface area contributed by atoms with E-state index in [9.17, 15) is 4.79 Å². The SMILES string of the molecule is Cc1cc(C(=O)NCCn2cccn2)sc1C#CCCO. The van der Waals surface area contributed by atoms with Crippen molar-refractivity contribution >= 4 is 17.2 Å². The normalized spacial score (nSPS) is 10.0. The second-order valence-electron chi connectivity index (χ2n) is 4.42. The Bertz CT molecular complexity index is 650. The fraction of sp³-hybridized carbons (Fsp3) is 0.333. The highest BCUT2D eigenvalue weighted by Gasteiger charge is 2.10. The number of hydrogen-bond acceptors (Lipinski definition) is 4. The molecule has 0 aliphatic rings. The molecule has 0 bridgehead atoms. The van der Waals surface area contributed by atoms with Crippen molar-refractivity contribution in [1.82, 2.24) is 15.1 Å². The summed E-state index contributed by atoms with van der Waals surface area (Å²) in [5, 5.41) is 15.7. The van der Waals surface area contributed by atoms with Gasteiger partial charge in [0.1, 0.15) is 0 Å². The van der Waals surface area contributed by atoms with Crippen molar-refractivity contribution in [3.05, 3.63) is 39.8 Å². The van der Waals surface area contributed by atoms with Crippen molar-refractivity contribution in [1.29, 1.82) is 0 Å². The highest BCUT2D eigenvalue weighted by molar-refractivity contribution is 7.14. The molecule has 0 saturated heterocycles. The average Bonchev–Trinajstić information content (AvgIpc) is 3.09. The maximum absolute atomic E-state index is 12.1. The summed E-state index contributed by atoms with van der Waals surface area (Å²) in [5.74, 6) is 5.76. The number of carbonyl (C=O) groups is 1. The Kier molecular flexibility index (Phi) is 5.55. The molecule has 0 saturated carbocycles.